The third-order valence-corrected chi connectivity index (χ3v) is 9.08. The molecule has 232 valence electrons. The van der Waals surface area contributed by atoms with Crippen LogP contribution >= 0.6 is 0 Å². The van der Waals surface area contributed by atoms with Gasteiger partial charge in [0.05, 0.1) is 41.7 Å². The zero-order chi connectivity index (χ0) is 31.7. The molecule has 0 spiro atoms. The van der Waals surface area contributed by atoms with Crippen molar-refractivity contribution >= 4 is 17.5 Å². The number of nitrogens with zero attached hydrogens (tertiary/aromatic N) is 2. The Labute approximate surface area is 263 Å². The smallest absolute Gasteiger partial charge is 0.266 e. The van der Waals surface area contributed by atoms with Crippen LogP contribution in [-0.4, -0.2) is 52.7 Å². The van der Waals surface area contributed by atoms with Gasteiger partial charge in [-0.3, -0.25) is 14.5 Å². The van der Waals surface area contributed by atoms with Crippen LogP contribution in [0.25, 0.3) is 0 Å². The normalized spacial score (nSPS) is 22.8. The molecule has 6 atom stereocenters. The Morgan fingerprint density at radius 1 is 0.822 bits per heavy atom. The molecule has 1 fully saturated rings. The minimum absolute atomic E-state index is 0.0489. The molecule has 8 heteroatoms. The first-order valence-corrected chi connectivity index (χ1v) is 15.3. The van der Waals surface area contributed by atoms with Crippen LogP contribution < -0.4 is 4.90 Å². The van der Waals surface area contributed by atoms with E-state index in [4.69, 9.17) is 9.47 Å². The zero-order valence-electron chi connectivity index (χ0n) is 25.6. The molecule has 4 aromatic carbocycles. The van der Waals surface area contributed by atoms with Crippen LogP contribution in [0.1, 0.15) is 75.3 Å². The summed E-state index contributed by atoms with van der Waals surface area (Å²) < 4.78 is 13.3. The van der Waals surface area contributed by atoms with Crippen molar-refractivity contribution in [3.05, 3.63) is 137 Å². The highest BCUT2D eigenvalue weighted by atomic mass is 16.7. The van der Waals surface area contributed by atoms with Crippen LogP contribution in [0.3, 0.4) is 0 Å². The van der Waals surface area contributed by atoms with E-state index < -0.39 is 12.4 Å². The molecule has 45 heavy (non-hydrogen) atoms. The van der Waals surface area contributed by atoms with Gasteiger partial charge in [0.2, 0.25) is 0 Å². The fourth-order valence-electron chi connectivity index (χ4n) is 6.18. The summed E-state index contributed by atoms with van der Waals surface area (Å²) in [5.74, 6) is -0.789. The predicted molar refractivity (Wildman–Crippen MR) is 170 cm³/mol. The van der Waals surface area contributed by atoms with Crippen molar-refractivity contribution in [3.8, 4) is 0 Å². The minimum Gasteiger partial charge on any atom is -0.392 e. The molecular formula is C37H38N2O6. The van der Waals surface area contributed by atoms with Gasteiger partial charge in [-0.2, -0.15) is 0 Å². The molecule has 0 radical (unpaired) electrons. The molecule has 2 heterocycles. The molecule has 2 amide bonds. The maximum atomic E-state index is 13.2. The number of anilines is 1. The van der Waals surface area contributed by atoms with E-state index in [1.54, 1.807) is 42.5 Å². The molecule has 6 rings (SSSR count). The Hall–Kier alpha value is -4.18. The molecule has 2 N–H and O–H groups in total. The Bertz CT molecular complexity index is 1620. The lowest BCUT2D eigenvalue weighted by Crippen LogP contribution is -2.46. The summed E-state index contributed by atoms with van der Waals surface area (Å²) in [6.07, 6.45) is -2.09. The van der Waals surface area contributed by atoms with E-state index >= 15 is 0 Å². The number of carbonyl (C=O) groups excluding carboxylic acids is 2. The Balaban J connectivity index is 1.28. The summed E-state index contributed by atoms with van der Waals surface area (Å²) in [4.78, 5) is 29.7. The number of hydrogen-bond donors (Lipinski definition) is 2. The van der Waals surface area contributed by atoms with Gasteiger partial charge in [-0.1, -0.05) is 85.8 Å². The molecule has 1 saturated heterocycles. The topological polar surface area (TPSA) is 99.5 Å². The number of aliphatic hydroxyl groups is 2. The maximum Gasteiger partial charge on any atom is 0.266 e. The van der Waals surface area contributed by atoms with Gasteiger partial charge >= 0.3 is 0 Å². The highest BCUT2D eigenvalue weighted by molar-refractivity contribution is 6.34. The Morgan fingerprint density at radius 3 is 2.11 bits per heavy atom. The monoisotopic (exact) mass is 606 g/mol. The second kappa shape index (κ2) is 13.0. The van der Waals surface area contributed by atoms with Crippen molar-refractivity contribution in [1.82, 2.24) is 4.90 Å². The number of benzene rings is 4. The summed E-state index contributed by atoms with van der Waals surface area (Å²) >= 11 is 0. The molecule has 2 aliphatic heterocycles. The minimum atomic E-state index is -0.786. The molecule has 0 saturated carbocycles. The lowest BCUT2D eigenvalue weighted by molar-refractivity contribution is -0.276. The van der Waals surface area contributed by atoms with Crippen molar-refractivity contribution in [1.29, 1.82) is 0 Å². The summed E-state index contributed by atoms with van der Waals surface area (Å²) in [5.41, 5.74) is 4.50. The summed E-state index contributed by atoms with van der Waals surface area (Å²) in [5, 5.41) is 20.7. The summed E-state index contributed by atoms with van der Waals surface area (Å²) in [6, 6.07) is 31.1. The molecule has 0 unspecified atom stereocenters. The Morgan fingerprint density at radius 2 is 1.47 bits per heavy atom. The Kier molecular flexibility index (Phi) is 8.94. The molecule has 4 aromatic rings. The van der Waals surface area contributed by atoms with Gasteiger partial charge in [0.25, 0.3) is 11.8 Å². The molecular weight excluding hydrogens is 568 g/mol. The van der Waals surface area contributed by atoms with Crippen molar-refractivity contribution in [2.75, 3.05) is 18.5 Å². The predicted octanol–water partition coefficient (Wildman–Crippen LogP) is 5.82. The number of imide groups is 1. The van der Waals surface area contributed by atoms with Crippen LogP contribution in [0, 0.1) is 5.92 Å². The highest BCUT2D eigenvalue weighted by Crippen LogP contribution is 2.43. The average molecular weight is 607 g/mol. The van der Waals surface area contributed by atoms with Gasteiger partial charge in [0.1, 0.15) is 0 Å². The zero-order valence-corrected chi connectivity index (χ0v) is 25.6. The standard InChI is InChI=1S/C37H38N2O6/c1-23-32(21-38(3)24(2)33(41)26-10-5-4-6-11-26)44-37(45-34(23)27-18-16-25(22-40)17-19-27)28-12-9-13-29(20-28)39-35(42)30-14-7-8-15-31(30)36(39)43/h4-20,23-24,32-34,37,40-41H,21-22H2,1-3H3/t23-,24-,32+,33-,34+,37+/m0/s1. The number of aliphatic hydroxyl groups excluding tert-OH is 2. The molecule has 0 aromatic heterocycles. The summed E-state index contributed by atoms with van der Waals surface area (Å²) in [7, 11) is 1.98. The number of fused-ring (bicyclic) bond motifs is 1. The van der Waals surface area contributed by atoms with Crippen LogP contribution in [0.4, 0.5) is 5.69 Å². The van der Waals surface area contributed by atoms with Crippen LogP contribution in [0.5, 0.6) is 0 Å². The van der Waals surface area contributed by atoms with Gasteiger partial charge in [0.15, 0.2) is 6.29 Å². The van der Waals surface area contributed by atoms with E-state index in [0.717, 1.165) is 16.7 Å². The van der Waals surface area contributed by atoms with Crippen molar-refractivity contribution in [3.63, 3.8) is 0 Å². The first-order valence-electron chi connectivity index (χ1n) is 15.3. The summed E-state index contributed by atoms with van der Waals surface area (Å²) in [6.45, 7) is 4.56. The van der Waals surface area contributed by atoms with E-state index in [1.807, 2.05) is 74.6 Å². The van der Waals surface area contributed by atoms with E-state index in [2.05, 4.69) is 11.8 Å². The van der Waals surface area contributed by atoms with E-state index in [0.29, 0.717) is 28.9 Å². The largest absolute Gasteiger partial charge is 0.392 e. The van der Waals surface area contributed by atoms with Crippen molar-refractivity contribution in [2.45, 2.75) is 51.1 Å². The van der Waals surface area contributed by atoms with Crippen molar-refractivity contribution in [2.24, 2.45) is 5.92 Å². The highest BCUT2D eigenvalue weighted by Gasteiger charge is 2.41. The molecule has 8 nitrogen and oxygen atoms in total. The molecule has 0 aliphatic carbocycles. The number of hydrogen-bond acceptors (Lipinski definition) is 7. The SMILES string of the molecule is C[C@H]1[C@@H](CN(C)[C@@H](C)[C@H](O)c2ccccc2)O[C@@H](c2cccc(N3C(=O)c4ccccc4C3=O)c2)O[C@H]1c1ccc(CO)cc1. The fraction of sp³-hybridized carbons (Fsp3) is 0.297. The maximum absolute atomic E-state index is 13.2. The number of likely N-dealkylation sites (N-methyl/N-ethyl adjacent to an activating group) is 1. The second-order valence-corrected chi connectivity index (χ2v) is 11.9. The van der Waals surface area contributed by atoms with E-state index in [-0.39, 0.29) is 42.6 Å². The van der Waals surface area contributed by atoms with Gasteiger partial charge in [-0.05, 0) is 54.9 Å². The van der Waals surface area contributed by atoms with Gasteiger partial charge in [-0.15, -0.1) is 0 Å². The average Bonchev–Trinajstić information content (AvgIpc) is 3.34. The fourth-order valence-corrected chi connectivity index (χ4v) is 6.18. The van der Waals surface area contributed by atoms with Crippen LogP contribution in [-0.2, 0) is 16.1 Å². The second-order valence-electron chi connectivity index (χ2n) is 11.9. The van der Waals surface area contributed by atoms with Crippen LogP contribution in [0.2, 0.25) is 0 Å². The van der Waals surface area contributed by atoms with E-state index in [9.17, 15) is 19.8 Å². The number of ether oxygens (including phenoxy) is 2. The van der Waals surface area contributed by atoms with E-state index in [1.165, 1.54) is 4.90 Å². The third-order valence-electron chi connectivity index (χ3n) is 9.08. The van der Waals surface area contributed by atoms with Gasteiger partial charge in [0, 0.05) is 24.1 Å². The lowest BCUT2D eigenvalue weighted by atomic mass is 9.89. The number of rotatable bonds is 9. The third kappa shape index (κ3) is 6.08. The quantitative estimate of drug-likeness (QED) is 0.232. The number of carbonyl (C=O) groups is 2. The van der Waals surface area contributed by atoms with Crippen LogP contribution in [0.15, 0.2) is 103 Å². The van der Waals surface area contributed by atoms with Gasteiger partial charge < -0.3 is 19.7 Å². The van der Waals surface area contributed by atoms with Gasteiger partial charge in [-0.25, -0.2) is 4.90 Å². The molecule has 2 aliphatic rings. The van der Waals surface area contributed by atoms with Crippen molar-refractivity contribution < 1.29 is 29.3 Å². The molecule has 0 bridgehead atoms. The first kappa shape index (κ1) is 30.8. The number of amides is 2. The first-order chi connectivity index (χ1) is 21.8. The lowest BCUT2D eigenvalue weighted by Gasteiger charge is -2.43.